The summed E-state index contributed by atoms with van der Waals surface area (Å²) in [4.78, 5) is 12.7. The van der Waals surface area contributed by atoms with Gasteiger partial charge in [-0.15, -0.1) is 0 Å². The van der Waals surface area contributed by atoms with Crippen LogP contribution < -0.4 is 14.8 Å². The van der Waals surface area contributed by atoms with Crippen molar-refractivity contribution in [3.8, 4) is 11.5 Å². The molecule has 7 heteroatoms. The van der Waals surface area contributed by atoms with Crippen LogP contribution in [0.5, 0.6) is 11.5 Å². The second kappa shape index (κ2) is 9.65. The number of amides is 1. The number of nitrogens with one attached hydrogen (secondary N) is 1. The van der Waals surface area contributed by atoms with E-state index in [1.807, 2.05) is 6.92 Å². The molecule has 6 nitrogen and oxygen atoms in total. The highest BCUT2D eigenvalue weighted by Gasteiger charge is 2.18. The van der Waals surface area contributed by atoms with E-state index in [1.54, 1.807) is 29.1 Å². The molecule has 0 bridgehead atoms. The molecular weight excluding hydrogens is 366 g/mol. The van der Waals surface area contributed by atoms with Crippen molar-refractivity contribution in [1.29, 1.82) is 0 Å². The lowest BCUT2D eigenvalue weighted by molar-refractivity contribution is 0.102. The number of halogens is 1. The molecule has 0 saturated heterocycles. The molecule has 0 saturated carbocycles. The fourth-order valence-electron chi connectivity index (χ4n) is 2.51. The normalized spacial score (nSPS) is 12.1. The summed E-state index contributed by atoms with van der Waals surface area (Å²) in [6, 6.07) is 5.18. The van der Waals surface area contributed by atoms with Crippen LogP contribution in [0.2, 0.25) is 5.02 Å². The molecule has 1 heterocycles. The van der Waals surface area contributed by atoms with Crippen LogP contribution in [0.25, 0.3) is 0 Å². The first-order valence-electron chi connectivity index (χ1n) is 9.22. The zero-order chi connectivity index (χ0) is 20.0. The lowest BCUT2D eigenvalue weighted by Crippen LogP contribution is -2.17. The van der Waals surface area contributed by atoms with E-state index in [4.69, 9.17) is 21.1 Å². The zero-order valence-corrected chi connectivity index (χ0v) is 17.3. The Hall–Kier alpha value is -2.21. The third-order valence-electron chi connectivity index (χ3n) is 4.35. The Labute approximate surface area is 165 Å². The standard InChI is InChI=1S/C20H28ClN3O3/c1-6-14(4)24-18(7-9-22-24)23-20(25)15-11-16(21)19(17(12-15)26-5)27-10-8-13(2)3/h7,9,11-14H,6,8,10H2,1-5H3,(H,23,25). The summed E-state index contributed by atoms with van der Waals surface area (Å²) < 4.78 is 12.9. The Bertz CT molecular complexity index is 774. The fourth-order valence-corrected chi connectivity index (χ4v) is 2.78. The van der Waals surface area contributed by atoms with Crippen LogP contribution in [0.15, 0.2) is 24.4 Å². The van der Waals surface area contributed by atoms with Gasteiger partial charge in [0.05, 0.1) is 31.0 Å². The van der Waals surface area contributed by atoms with Gasteiger partial charge in [-0.3, -0.25) is 4.79 Å². The minimum atomic E-state index is -0.283. The van der Waals surface area contributed by atoms with Crippen molar-refractivity contribution in [3.63, 3.8) is 0 Å². The number of hydrogen-bond donors (Lipinski definition) is 1. The molecule has 1 N–H and O–H groups in total. The summed E-state index contributed by atoms with van der Waals surface area (Å²) >= 11 is 6.36. The highest BCUT2D eigenvalue weighted by Crippen LogP contribution is 2.37. The Balaban J connectivity index is 2.20. The maximum absolute atomic E-state index is 12.7. The van der Waals surface area contributed by atoms with Crippen molar-refractivity contribution in [2.24, 2.45) is 5.92 Å². The number of ether oxygens (including phenoxy) is 2. The lowest BCUT2D eigenvalue weighted by Gasteiger charge is -2.16. The maximum Gasteiger partial charge on any atom is 0.257 e. The number of carbonyl (C=O) groups is 1. The molecule has 0 fully saturated rings. The lowest BCUT2D eigenvalue weighted by atomic mass is 10.1. The summed E-state index contributed by atoms with van der Waals surface area (Å²) in [5.41, 5.74) is 0.393. The van der Waals surface area contributed by atoms with Gasteiger partial charge in [0.1, 0.15) is 5.82 Å². The van der Waals surface area contributed by atoms with Crippen molar-refractivity contribution >= 4 is 23.3 Å². The van der Waals surface area contributed by atoms with Crippen molar-refractivity contribution in [1.82, 2.24) is 9.78 Å². The number of carbonyl (C=O) groups excluding carboxylic acids is 1. The highest BCUT2D eigenvalue weighted by atomic mass is 35.5. The average Bonchev–Trinajstić information content (AvgIpc) is 3.09. The minimum Gasteiger partial charge on any atom is -0.493 e. The van der Waals surface area contributed by atoms with Gasteiger partial charge in [-0.1, -0.05) is 32.4 Å². The molecule has 27 heavy (non-hydrogen) atoms. The molecule has 1 unspecified atom stereocenters. The third-order valence-corrected chi connectivity index (χ3v) is 4.63. The molecule has 1 aromatic heterocycles. The van der Waals surface area contributed by atoms with E-state index in [-0.39, 0.29) is 11.9 Å². The van der Waals surface area contributed by atoms with Gasteiger partial charge in [-0.05, 0) is 37.8 Å². The van der Waals surface area contributed by atoms with Crippen molar-refractivity contribution < 1.29 is 14.3 Å². The predicted octanol–water partition coefficient (Wildman–Crippen LogP) is 5.19. The van der Waals surface area contributed by atoms with Gasteiger partial charge in [0.15, 0.2) is 11.5 Å². The molecule has 148 valence electrons. The molecule has 2 aromatic rings. The number of anilines is 1. The number of methoxy groups -OCH3 is 1. The second-order valence-corrected chi connectivity index (χ2v) is 7.30. The molecule has 0 aliphatic carbocycles. The molecule has 0 aliphatic rings. The van der Waals surface area contributed by atoms with Crippen LogP contribution in [-0.4, -0.2) is 29.4 Å². The van der Waals surface area contributed by atoms with Crippen LogP contribution in [0.4, 0.5) is 5.82 Å². The second-order valence-electron chi connectivity index (χ2n) is 6.89. The molecule has 0 spiro atoms. The number of nitrogens with zero attached hydrogens (tertiary/aromatic N) is 2. The van der Waals surface area contributed by atoms with Gasteiger partial charge in [0.25, 0.3) is 5.91 Å². The summed E-state index contributed by atoms with van der Waals surface area (Å²) in [5.74, 6) is 1.78. The number of hydrogen-bond acceptors (Lipinski definition) is 4. The number of benzene rings is 1. The van der Waals surface area contributed by atoms with Crippen LogP contribution in [0, 0.1) is 5.92 Å². The summed E-state index contributed by atoms with van der Waals surface area (Å²) in [5, 5.41) is 7.51. The zero-order valence-electron chi connectivity index (χ0n) is 16.6. The first-order valence-corrected chi connectivity index (χ1v) is 9.60. The van der Waals surface area contributed by atoms with Gasteiger partial charge in [0, 0.05) is 11.6 Å². The maximum atomic E-state index is 12.7. The van der Waals surface area contributed by atoms with Gasteiger partial charge >= 0.3 is 0 Å². The monoisotopic (exact) mass is 393 g/mol. The van der Waals surface area contributed by atoms with E-state index in [0.717, 1.165) is 12.8 Å². The van der Waals surface area contributed by atoms with Crippen LogP contribution in [0.3, 0.4) is 0 Å². The Kier molecular flexibility index (Phi) is 7.54. The summed E-state index contributed by atoms with van der Waals surface area (Å²) in [6.45, 7) is 8.90. The molecule has 1 atom stereocenters. The molecule has 1 aromatic carbocycles. The van der Waals surface area contributed by atoms with Gasteiger partial charge < -0.3 is 14.8 Å². The fraction of sp³-hybridized carbons (Fsp3) is 0.500. The Morgan fingerprint density at radius 2 is 2.07 bits per heavy atom. The van der Waals surface area contributed by atoms with E-state index in [1.165, 1.54) is 7.11 Å². The largest absolute Gasteiger partial charge is 0.493 e. The molecule has 2 rings (SSSR count). The van der Waals surface area contributed by atoms with Crippen LogP contribution in [0.1, 0.15) is 56.9 Å². The van der Waals surface area contributed by atoms with Crippen LogP contribution >= 0.6 is 11.6 Å². The topological polar surface area (TPSA) is 65.4 Å². The van der Waals surface area contributed by atoms with Gasteiger partial charge in [-0.2, -0.15) is 5.10 Å². The van der Waals surface area contributed by atoms with Gasteiger partial charge in [0.2, 0.25) is 0 Å². The van der Waals surface area contributed by atoms with Crippen molar-refractivity contribution in [3.05, 3.63) is 35.0 Å². The predicted molar refractivity (Wildman–Crippen MR) is 108 cm³/mol. The Morgan fingerprint density at radius 1 is 1.33 bits per heavy atom. The van der Waals surface area contributed by atoms with Crippen LogP contribution in [-0.2, 0) is 0 Å². The quantitative estimate of drug-likeness (QED) is 0.636. The van der Waals surface area contributed by atoms with E-state index in [2.05, 4.69) is 31.2 Å². The average molecular weight is 394 g/mol. The SMILES string of the molecule is CCC(C)n1nccc1NC(=O)c1cc(Cl)c(OCCC(C)C)c(OC)c1. The number of rotatable bonds is 9. The van der Waals surface area contributed by atoms with E-state index < -0.39 is 0 Å². The minimum absolute atomic E-state index is 0.185. The van der Waals surface area contributed by atoms with Crippen molar-refractivity contribution in [2.45, 2.75) is 46.6 Å². The first-order chi connectivity index (χ1) is 12.9. The first kappa shape index (κ1) is 21.1. The van der Waals surface area contributed by atoms with E-state index in [9.17, 15) is 4.79 Å². The smallest absolute Gasteiger partial charge is 0.257 e. The summed E-state index contributed by atoms with van der Waals surface area (Å²) in [7, 11) is 1.53. The molecule has 1 amide bonds. The summed E-state index contributed by atoms with van der Waals surface area (Å²) in [6.07, 6.45) is 3.48. The highest BCUT2D eigenvalue weighted by molar-refractivity contribution is 6.32. The molecule has 0 radical (unpaired) electrons. The van der Waals surface area contributed by atoms with Gasteiger partial charge in [-0.25, -0.2) is 4.68 Å². The Morgan fingerprint density at radius 3 is 2.70 bits per heavy atom. The van der Waals surface area contributed by atoms with Crippen molar-refractivity contribution in [2.75, 3.05) is 19.0 Å². The third kappa shape index (κ3) is 5.39. The molecule has 0 aliphatic heterocycles. The van der Waals surface area contributed by atoms with E-state index >= 15 is 0 Å². The van der Waals surface area contributed by atoms with E-state index in [0.29, 0.717) is 40.4 Å². The molecular formula is C20H28ClN3O3. The number of aromatic nitrogens is 2.